The van der Waals surface area contributed by atoms with E-state index in [2.05, 4.69) is 25.9 Å². The summed E-state index contributed by atoms with van der Waals surface area (Å²) in [6.07, 6.45) is 1.60. The van der Waals surface area contributed by atoms with Crippen molar-refractivity contribution in [1.29, 1.82) is 0 Å². The molecule has 1 amide bonds. The number of hydrogen-bond acceptors (Lipinski definition) is 5. The maximum Gasteiger partial charge on any atom is 0.239 e. The Morgan fingerprint density at radius 3 is 2.50 bits per heavy atom. The minimum Gasteiger partial charge on any atom is -0.497 e. The van der Waals surface area contributed by atoms with Crippen molar-refractivity contribution in [2.45, 2.75) is 26.9 Å². The van der Waals surface area contributed by atoms with Crippen LogP contribution in [0.15, 0.2) is 64.2 Å². The first-order valence-corrected chi connectivity index (χ1v) is 10.5. The van der Waals surface area contributed by atoms with Crippen LogP contribution in [0.4, 0.5) is 0 Å². The Morgan fingerprint density at radius 1 is 1.06 bits per heavy atom. The summed E-state index contributed by atoms with van der Waals surface area (Å²) in [5.41, 5.74) is 3.81. The van der Waals surface area contributed by atoms with E-state index in [4.69, 9.17) is 9.15 Å². The van der Waals surface area contributed by atoms with Gasteiger partial charge in [-0.05, 0) is 43.7 Å². The lowest BCUT2D eigenvalue weighted by molar-refractivity contribution is -0.120. The van der Waals surface area contributed by atoms with E-state index in [1.165, 1.54) is 5.56 Å². The van der Waals surface area contributed by atoms with Crippen molar-refractivity contribution in [3.8, 4) is 17.2 Å². The summed E-state index contributed by atoms with van der Waals surface area (Å²) in [6.45, 7) is 5.56. The largest absolute Gasteiger partial charge is 0.497 e. The first-order valence-electron chi connectivity index (χ1n) is 10.5. The number of rotatable bonds is 9. The Bertz CT molecular complexity index is 1030. The number of guanidine groups is 1. The quantitative estimate of drug-likeness (QED) is 0.353. The summed E-state index contributed by atoms with van der Waals surface area (Å²) >= 11 is 0. The van der Waals surface area contributed by atoms with Crippen molar-refractivity contribution in [2.75, 3.05) is 20.2 Å². The van der Waals surface area contributed by atoms with Crippen LogP contribution >= 0.6 is 0 Å². The molecule has 3 N–H and O–H groups in total. The zero-order valence-corrected chi connectivity index (χ0v) is 18.6. The monoisotopic (exact) mass is 435 g/mol. The lowest BCUT2D eigenvalue weighted by Gasteiger charge is -2.11. The highest BCUT2D eigenvalue weighted by atomic mass is 16.5. The molecule has 0 aliphatic rings. The predicted molar refractivity (Wildman–Crippen MR) is 124 cm³/mol. The second kappa shape index (κ2) is 11.5. The summed E-state index contributed by atoms with van der Waals surface area (Å²) in [4.78, 5) is 21.2. The molecule has 3 aromatic rings. The van der Waals surface area contributed by atoms with Gasteiger partial charge >= 0.3 is 0 Å². The summed E-state index contributed by atoms with van der Waals surface area (Å²) in [5, 5.41) is 9.05. The van der Waals surface area contributed by atoms with Gasteiger partial charge in [-0.25, -0.2) is 9.98 Å². The number of carbonyl (C=O) groups is 1. The van der Waals surface area contributed by atoms with Gasteiger partial charge in [-0.15, -0.1) is 0 Å². The Hall–Kier alpha value is -3.81. The van der Waals surface area contributed by atoms with Crippen LogP contribution in [0.25, 0.3) is 11.5 Å². The van der Waals surface area contributed by atoms with Gasteiger partial charge in [-0.1, -0.05) is 29.8 Å². The lowest BCUT2D eigenvalue weighted by atomic mass is 10.1. The third-order valence-electron chi connectivity index (χ3n) is 4.66. The molecule has 3 rings (SSSR count). The number of carbonyl (C=O) groups excluding carboxylic acids is 1. The molecule has 0 atom stereocenters. The molecule has 0 saturated heterocycles. The molecule has 8 nitrogen and oxygen atoms in total. The van der Waals surface area contributed by atoms with Crippen molar-refractivity contribution in [3.63, 3.8) is 0 Å². The van der Waals surface area contributed by atoms with Crippen LogP contribution in [-0.2, 0) is 17.9 Å². The first-order chi connectivity index (χ1) is 15.6. The minimum absolute atomic E-state index is 0.107. The van der Waals surface area contributed by atoms with E-state index in [1.807, 2.05) is 62.4 Å². The molecule has 2 aromatic carbocycles. The normalized spacial score (nSPS) is 11.2. The van der Waals surface area contributed by atoms with Crippen molar-refractivity contribution in [2.24, 2.45) is 4.99 Å². The molecule has 0 bridgehead atoms. The van der Waals surface area contributed by atoms with Gasteiger partial charge in [-0.3, -0.25) is 4.79 Å². The average Bonchev–Trinajstić information content (AvgIpc) is 3.29. The lowest BCUT2D eigenvalue weighted by Crippen LogP contribution is -2.43. The highest BCUT2D eigenvalue weighted by molar-refractivity contribution is 5.86. The maximum atomic E-state index is 12.2. The fourth-order valence-electron chi connectivity index (χ4n) is 2.88. The molecule has 0 spiro atoms. The molecule has 1 aromatic heterocycles. The van der Waals surface area contributed by atoms with Gasteiger partial charge in [0.15, 0.2) is 5.96 Å². The standard InChI is InChI=1S/C24H29N5O3/c1-4-25-24(28-15-22(30)26-13-18-7-11-21(31-3)12-8-18)27-14-20-16-32-23(29-20)19-9-5-17(2)6-10-19/h5-12,16H,4,13-15H2,1-3H3,(H,26,30)(H2,25,27,28). The zero-order valence-electron chi connectivity index (χ0n) is 18.6. The number of aromatic nitrogens is 1. The van der Waals surface area contributed by atoms with Crippen LogP contribution in [0.2, 0.25) is 0 Å². The molecule has 0 aliphatic carbocycles. The fraction of sp³-hybridized carbons (Fsp3) is 0.292. The van der Waals surface area contributed by atoms with Crippen LogP contribution in [0, 0.1) is 6.92 Å². The van der Waals surface area contributed by atoms with E-state index in [-0.39, 0.29) is 12.5 Å². The molecule has 0 saturated carbocycles. The van der Waals surface area contributed by atoms with Gasteiger partial charge in [0.25, 0.3) is 0 Å². The van der Waals surface area contributed by atoms with Crippen LogP contribution in [0.5, 0.6) is 5.75 Å². The molecule has 168 valence electrons. The Balaban J connectivity index is 1.49. The Morgan fingerprint density at radius 2 is 1.81 bits per heavy atom. The predicted octanol–water partition coefficient (Wildman–Crippen LogP) is 3.03. The first kappa shape index (κ1) is 22.9. The molecule has 1 heterocycles. The number of nitrogens with zero attached hydrogens (tertiary/aromatic N) is 2. The summed E-state index contributed by atoms with van der Waals surface area (Å²) in [6, 6.07) is 15.6. The second-order valence-corrected chi connectivity index (χ2v) is 7.18. The summed E-state index contributed by atoms with van der Waals surface area (Å²) in [5.74, 6) is 1.75. The number of oxazole rings is 1. The minimum atomic E-state index is -0.130. The smallest absolute Gasteiger partial charge is 0.239 e. The highest BCUT2D eigenvalue weighted by Crippen LogP contribution is 2.19. The zero-order chi connectivity index (χ0) is 22.8. The van der Waals surface area contributed by atoms with Gasteiger partial charge in [0.05, 0.1) is 20.2 Å². The SMILES string of the molecule is CCNC(=NCc1coc(-c2ccc(C)cc2)n1)NCC(=O)NCc1ccc(OC)cc1. The van der Waals surface area contributed by atoms with E-state index in [0.29, 0.717) is 37.2 Å². The summed E-state index contributed by atoms with van der Waals surface area (Å²) < 4.78 is 10.7. The van der Waals surface area contributed by atoms with E-state index in [9.17, 15) is 4.79 Å². The van der Waals surface area contributed by atoms with Gasteiger partial charge in [-0.2, -0.15) is 0 Å². The van der Waals surface area contributed by atoms with Crippen LogP contribution < -0.4 is 20.7 Å². The van der Waals surface area contributed by atoms with Crippen molar-refractivity contribution in [3.05, 3.63) is 71.6 Å². The topological polar surface area (TPSA) is 101 Å². The molecule has 8 heteroatoms. The molecule has 0 aliphatic heterocycles. The Labute approximate surface area is 188 Å². The van der Waals surface area contributed by atoms with Gasteiger partial charge in [0, 0.05) is 18.7 Å². The van der Waals surface area contributed by atoms with E-state index >= 15 is 0 Å². The number of aliphatic imine (C=N–C) groups is 1. The second-order valence-electron chi connectivity index (χ2n) is 7.18. The average molecular weight is 436 g/mol. The number of hydrogen-bond donors (Lipinski definition) is 3. The molecule has 0 fully saturated rings. The fourth-order valence-corrected chi connectivity index (χ4v) is 2.88. The van der Waals surface area contributed by atoms with Gasteiger partial charge in [0.2, 0.25) is 11.8 Å². The van der Waals surface area contributed by atoms with E-state index < -0.39 is 0 Å². The molecular weight excluding hydrogens is 406 g/mol. The molecule has 32 heavy (non-hydrogen) atoms. The number of aryl methyl sites for hydroxylation is 1. The number of nitrogens with one attached hydrogen (secondary N) is 3. The van der Waals surface area contributed by atoms with Gasteiger partial charge < -0.3 is 25.1 Å². The van der Waals surface area contributed by atoms with Gasteiger partial charge in [0.1, 0.15) is 17.7 Å². The third kappa shape index (κ3) is 6.87. The van der Waals surface area contributed by atoms with E-state index in [1.54, 1.807) is 13.4 Å². The number of ether oxygens (including phenoxy) is 1. The molecular formula is C24H29N5O3. The van der Waals surface area contributed by atoms with Crippen LogP contribution in [0.3, 0.4) is 0 Å². The third-order valence-corrected chi connectivity index (χ3v) is 4.66. The summed E-state index contributed by atoms with van der Waals surface area (Å²) in [7, 11) is 1.62. The van der Waals surface area contributed by atoms with Crippen molar-refractivity contribution >= 4 is 11.9 Å². The van der Waals surface area contributed by atoms with Crippen molar-refractivity contribution in [1.82, 2.24) is 20.9 Å². The number of benzene rings is 2. The van der Waals surface area contributed by atoms with E-state index in [0.717, 1.165) is 16.9 Å². The number of amides is 1. The highest BCUT2D eigenvalue weighted by Gasteiger charge is 2.08. The molecule has 0 radical (unpaired) electrons. The Kier molecular flexibility index (Phi) is 8.25. The molecule has 0 unspecified atom stereocenters. The maximum absolute atomic E-state index is 12.2. The number of methoxy groups -OCH3 is 1. The van der Waals surface area contributed by atoms with Crippen LogP contribution in [0.1, 0.15) is 23.7 Å². The van der Waals surface area contributed by atoms with Crippen molar-refractivity contribution < 1.29 is 13.9 Å². The van der Waals surface area contributed by atoms with Crippen LogP contribution in [-0.4, -0.2) is 37.1 Å².